The normalized spacial score (nSPS) is 17.3. The van der Waals surface area contributed by atoms with Crippen molar-refractivity contribution in [1.29, 1.82) is 0 Å². The van der Waals surface area contributed by atoms with Crippen molar-refractivity contribution in [3.63, 3.8) is 0 Å². The van der Waals surface area contributed by atoms with Crippen LogP contribution in [0.2, 0.25) is 0 Å². The van der Waals surface area contributed by atoms with E-state index in [0.29, 0.717) is 17.3 Å². The highest BCUT2D eigenvalue weighted by Gasteiger charge is 2.33. The summed E-state index contributed by atoms with van der Waals surface area (Å²) in [5.41, 5.74) is 1.92. The summed E-state index contributed by atoms with van der Waals surface area (Å²) in [4.78, 5) is 14.6. The van der Waals surface area contributed by atoms with Gasteiger partial charge < -0.3 is 18.8 Å². The zero-order valence-electron chi connectivity index (χ0n) is 13.7. The van der Waals surface area contributed by atoms with Gasteiger partial charge in [0.1, 0.15) is 0 Å². The zero-order chi connectivity index (χ0) is 16.4. The topological polar surface area (TPSA) is 51.9 Å². The summed E-state index contributed by atoms with van der Waals surface area (Å²) in [6.07, 6.45) is 3.47. The quantitative estimate of drug-likeness (QED) is 0.865. The number of aryl methyl sites for hydroxylation is 1. The van der Waals surface area contributed by atoms with E-state index >= 15 is 0 Å². The van der Waals surface area contributed by atoms with Crippen molar-refractivity contribution in [2.75, 3.05) is 20.8 Å². The maximum absolute atomic E-state index is 12.8. The second-order valence-electron chi connectivity index (χ2n) is 5.70. The number of hydrogen-bond donors (Lipinski definition) is 0. The highest BCUT2D eigenvalue weighted by Crippen LogP contribution is 2.37. The molecule has 1 atom stereocenters. The third-order valence-electron chi connectivity index (χ3n) is 4.36. The van der Waals surface area contributed by atoms with Gasteiger partial charge in [0.2, 0.25) is 0 Å². The van der Waals surface area contributed by atoms with Crippen LogP contribution in [0.1, 0.15) is 40.6 Å². The number of furan rings is 1. The van der Waals surface area contributed by atoms with Crippen LogP contribution in [0.25, 0.3) is 0 Å². The van der Waals surface area contributed by atoms with Crippen LogP contribution in [0.3, 0.4) is 0 Å². The summed E-state index contributed by atoms with van der Waals surface area (Å²) in [5, 5.41) is 0. The van der Waals surface area contributed by atoms with Gasteiger partial charge in [-0.05, 0) is 43.5 Å². The number of carbonyl (C=O) groups excluding carboxylic acids is 1. The molecule has 0 N–H and O–H groups in total. The number of rotatable bonds is 4. The summed E-state index contributed by atoms with van der Waals surface area (Å²) < 4.78 is 16.0. The molecule has 1 saturated heterocycles. The van der Waals surface area contributed by atoms with Crippen molar-refractivity contribution < 1.29 is 18.7 Å². The molecule has 122 valence electrons. The molecule has 3 rings (SSSR count). The van der Waals surface area contributed by atoms with Crippen molar-refractivity contribution in [1.82, 2.24) is 4.90 Å². The molecule has 2 aromatic rings. The van der Waals surface area contributed by atoms with E-state index < -0.39 is 0 Å². The van der Waals surface area contributed by atoms with Crippen LogP contribution < -0.4 is 9.47 Å². The molecule has 0 radical (unpaired) electrons. The molecule has 1 aliphatic heterocycles. The Morgan fingerprint density at radius 1 is 1.22 bits per heavy atom. The molecule has 1 fully saturated rings. The van der Waals surface area contributed by atoms with Crippen molar-refractivity contribution in [2.24, 2.45) is 0 Å². The number of hydrogen-bond acceptors (Lipinski definition) is 4. The maximum atomic E-state index is 12.8. The average molecular weight is 315 g/mol. The van der Waals surface area contributed by atoms with Gasteiger partial charge in [0.25, 0.3) is 5.91 Å². The van der Waals surface area contributed by atoms with Gasteiger partial charge in [-0.1, -0.05) is 6.07 Å². The monoisotopic (exact) mass is 315 g/mol. The van der Waals surface area contributed by atoms with Crippen molar-refractivity contribution in [3.8, 4) is 11.5 Å². The summed E-state index contributed by atoms with van der Waals surface area (Å²) in [6.45, 7) is 2.62. The SMILES string of the molecule is COc1ccc(C2CCCN2C(=O)c2occc2C)cc1OC. The molecule has 1 aromatic heterocycles. The first kappa shape index (κ1) is 15.5. The number of benzene rings is 1. The van der Waals surface area contributed by atoms with E-state index in [2.05, 4.69) is 0 Å². The van der Waals surface area contributed by atoms with E-state index in [9.17, 15) is 4.79 Å². The Kier molecular flexibility index (Phi) is 4.28. The molecule has 0 aliphatic carbocycles. The second-order valence-corrected chi connectivity index (χ2v) is 5.70. The largest absolute Gasteiger partial charge is 0.493 e. The molecule has 0 saturated carbocycles. The van der Waals surface area contributed by atoms with Gasteiger partial charge in [0.05, 0.1) is 26.5 Å². The summed E-state index contributed by atoms with van der Waals surface area (Å²) >= 11 is 0. The lowest BCUT2D eigenvalue weighted by Gasteiger charge is -2.25. The minimum absolute atomic E-state index is 0.0341. The van der Waals surface area contributed by atoms with Crippen LogP contribution in [0, 0.1) is 6.92 Å². The molecule has 1 aliphatic rings. The fraction of sp³-hybridized carbons (Fsp3) is 0.389. The van der Waals surface area contributed by atoms with Crippen molar-refractivity contribution >= 4 is 5.91 Å². The standard InChI is InChI=1S/C18H21NO4/c1-12-8-10-23-17(12)18(20)19-9-4-5-14(19)13-6-7-15(21-2)16(11-13)22-3/h6-8,10-11,14H,4-5,9H2,1-3H3. The lowest BCUT2D eigenvalue weighted by atomic mass is 10.0. The van der Waals surface area contributed by atoms with Gasteiger partial charge in [-0.15, -0.1) is 0 Å². The fourth-order valence-corrected chi connectivity index (χ4v) is 3.14. The molecule has 0 bridgehead atoms. The van der Waals surface area contributed by atoms with Gasteiger partial charge in [-0.3, -0.25) is 4.79 Å². The Labute approximate surface area is 135 Å². The minimum atomic E-state index is -0.0511. The van der Waals surface area contributed by atoms with Crippen LogP contribution in [0.4, 0.5) is 0 Å². The predicted molar refractivity (Wildman–Crippen MR) is 86.0 cm³/mol. The van der Waals surface area contributed by atoms with Gasteiger partial charge in [-0.25, -0.2) is 0 Å². The minimum Gasteiger partial charge on any atom is -0.493 e. The number of carbonyl (C=O) groups is 1. The summed E-state index contributed by atoms with van der Waals surface area (Å²) in [7, 11) is 3.23. The second kappa shape index (κ2) is 6.36. The predicted octanol–water partition coefficient (Wildman–Crippen LogP) is 3.58. The molecule has 5 heteroatoms. The van der Waals surface area contributed by atoms with E-state index in [1.807, 2.05) is 36.1 Å². The van der Waals surface area contributed by atoms with Gasteiger partial charge in [0.15, 0.2) is 17.3 Å². The Balaban J connectivity index is 1.90. The highest BCUT2D eigenvalue weighted by atomic mass is 16.5. The first-order valence-electron chi connectivity index (χ1n) is 7.72. The Hall–Kier alpha value is -2.43. The Bertz CT molecular complexity index is 707. The molecule has 1 aromatic carbocycles. The molecule has 23 heavy (non-hydrogen) atoms. The first-order valence-corrected chi connectivity index (χ1v) is 7.72. The summed E-state index contributed by atoms with van der Waals surface area (Å²) in [5.74, 6) is 1.75. The van der Waals surface area contributed by atoms with Gasteiger partial charge in [-0.2, -0.15) is 0 Å². The molecule has 5 nitrogen and oxygen atoms in total. The number of nitrogens with zero attached hydrogens (tertiary/aromatic N) is 1. The van der Waals surface area contributed by atoms with Crippen LogP contribution >= 0.6 is 0 Å². The highest BCUT2D eigenvalue weighted by molar-refractivity contribution is 5.93. The van der Waals surface area contributed by atoms with Crippen LogP contribution in [-0.2, 0) is 0 Å². The third kappa shape index (κ3) is 2.79. The molecular formula is C18H21NO4. The van der Waals surface area contributed by atoms with Crippen LogP contribution in [0.5, 0.6) is 11.5 Å². The Morgan fingerprint density at radius 2 is 2.00 bits per heavy atom. The van der Waals surface area contributed by atoms with Crippen molar-refractivity contribution in [3.05, 3.63) is 47.4 Å². The van der Waals surface area contributed by atoms with Gasteiger partial charge >= 0.3 is 0 Å². The number of likely N-dealkylation sites (tertiary alicyclic amines) is 1. The van der Waals surface area contributed by atoms with Gasteiger partial charge in [0, 0.05) is 12.1 Å². The molecular weight excluding hydrogens is 294 g/mol. The maximum Gasteiger partial charge on any atom is 0.290 e. The Morgan fingerprint density at radius 3 is 2.65 bits per heavy atom. The summed E-state index contributed by atoms with van der Waals surface area (Å²) in [6, 6.07) is 7.67. The van der Waals surface area contributed by atoms with Crippen LogP contribution in [-0.4, -0.2) is 31.6 Å². The smallest absolute Gasteiger partial charge is 0.290 e. The third-order valence-corrected chi connectivity index (χ3v) is 4.36. The van der Waals surface area contributed by atoms with Crippen molar-refractivity contribution in [2.45, 2.75) is 25.8 Å². The average Bonchev–Trinajstić information content (AvgIpc) is 3.22. The zero-order valence-corrected chi connectivity index (χ0v) is 13.7. The van der Waals surface area contributed by atoms with E-state index in [1.165, 1.54) is 0 Å². The van der Waals surface area contributed by atoms with E-state index in [-0.39, 0.29) is 11.9 Å². The molecule has 1 unspecified atom stereocenters. The molecule has 0 spiro atoms. The number of amides is 1. The van der Waals surface area contributed by atoms with Crippen LogP contribution in [0.15, 0.2) is 34.9 Å². The van der Waals surface area contributed by atoms with E-state index in [1.54, 1.807) is 20.5 Å². The molecule has 2 heterocycles. The lowest BCUT2D eigenvalue weighted by molar-refractivity contribution is 0.0702. The first-order chi connectivity index (χ1) is 11.2. The fourth-order valence-electron chi connectivity index (χ4n) is 3.14. The lowest BCUT2D eigenvalue weighted by Crippen LogP contribution is -2.30. The number of methoxy groups -OCH3 is 2. The van der Waals surface area contributed by atoms with E-state index in [4.69, 9.17) is 13.9 Å². The number of ether oxygens (including phenoxy) is 2. The molecule has 1 amide bonds. The van der Waals surface area contributed by atoms with E-state index in [0.717, 1.165) is 30.5 Å².